The van der Waals surface area contributed by atoms with Gasteiger partial charge in [0, 0.05) is 26.2 Å². The molecule has 1 fully saturated rings. The fourth-order valence-corrected chi connectivity index (χ4v) is 1.53. The molecule has 2 amide bonds. The third-order valence-electron chi connectivity index (χ3n) is 2.53. The van der Waals surface area contributed by atoms with Crippen LogP contribution in [-0.4, -0.2) is 53.1 Å². The van der Waals surface area contributed by atoms with E-state index in [9.17, 15) is 9.59 Å². The van der Waals surface area contributed by atoms with Crippen molar-refractivity contribution in [3.05, 3.63) is 12.7 Å². The number of carboxylic acids is 1. The first-order chi connectivity index (χ1) is 7.56. The van der Waals surface area contributed by atoms with Crippen molar-refractivity contribution < 1.29 is 14.7 Å². The highest BCUT2D eigenvalue weighted by Gasteiger charge is 2.33. The Morgan fingerprint density at radius 3 is 2.56 bits per heavy atom. The molecule has 0 aromatic rings. The zero-order valence-corrected chi connectivity index (χ0v) is 9.56. The number of rotatable bonds is 6. The van der Waals surface area contributed by atoms with Crippen LogP contribution in [0.5, 0.6) is 0 Å². The van der Waals surface area contributed by atoms with Crippen molar-refractivity contribution in [2.24, 2.45) is 0 Å². The molecule has 16 heavy (non-hydrogen) atoms. The second-order valence-electron chi connectivity index (χ2n) is 4.02. The van der Waals surface area contributed by atoms with Crippen LogP contribution in [-0.2, 0) is 4.79 Å². The summed E-state index contributed by atoms with van der Waals surface area (Å²) < 4.78 is 0. The van der Waals surface area contributed by atoms with Crippen molar-refractivity contribution in [3.8, 4) is 0 Å². The van der Waals surface area contributed by atoms with Gasteiger partial charge in [0.1, 0.15) is 0 Å². The molecule has 0 unspecified atom stereocenters. The van der Waals surface area contributed by atoms with Crippen LogP contribution in [0.4, 0.5) is 4.79 Å². The van der Waals surface area contributed by atoms with Gasteiger partial charge in [0.05, 0.1) is 6.42 Å². The Bertz CT molecular complexity index is 287. The number of amides is 2. The van der Waals surface area contributed by atoms with E-state index in [0.717, 1.165) is 12.8 Å². The van der Waals surface area contributed by atoms with E-state index in [1.165, 1.54) is 0 Å². The van der Waals surface area contributed by atoms with E-state index >= 15 is 0 Å². The number of carbonyl (C=O) groups excluding carboxylic acids is 1. The van der Waals surface area contributed by atoms with Crippen LogP contribution in [0.15, 0.2) is 12.7 Å². The Kier molecular flexibility index (Phi) is 4.34. The van der Waals surface area contributed by atoms with Crippen molar-refractivity contribution in [1.29, 1.82) is 0 Å². The molecular weight excluding hydrogens is 208 g/mol. The maximum Gasteiger partial charge on any atom is 0.320 e. The monoisotopic (exact) mass is 226 g/mol. The molecule has 0 bridgehead atoms. The van der Waals surface area contributed by atoms with Crippen LogP contribution >= 0.6 is 0 Å². The number of carbonyl (C=O) groups is 2. The third kappa shape index (κ3) is 3.56. The molecule has 90 valence electrons. The number of likely N-dealkylation sites (N-methyl/N-ethyl adjacent to an activating group) is 1. The summed E-state index contributed by atoms with van der Waals surface area (Å²) >= 11 is 0. The average Bonchev–Trinajstić information content (AvgIpc) is 3.01. The van der Waals surface area contributed by atoms with Gasteiger partial charge in [0.25, 0.3) is 0 Å². The average molecular weight is 226 g/mol. The molecule has 0 atom stereocenters. The van der Waals surface area contributed by atoms with Crippen LogP contribution in [0.1, 0.15) is 19.3 Å². The lowest BCUT2D eigenvalue weighted by atomic mass is 10.3. The van der Waals surface area contributed by atoms with E-state index in [2.05, 4.69) is 6.58 Å². The van der Waals surface area contributed by atoms with Gasteiger partial charge >= 0.3 is 12.0 Å². The summed E-state index contributed by atoms with van der Waals surface area (Å²) in [5, 5.41) is 8.62. The van der Waals surface area contributed by atoms with Crippen LogP contribution < -0.4 is 0 Å². The van der Waals surface area contributed by atoms with Crippen LogP contribution in [0.3, 0.4) is 0 Å². The fraction of sp³-hybridized carbons (Fsp3) is 0.636. The van der Waals surface area contributed by atoms with Gasteiger partial charge in [-0.25, -0.2) is 4.79 Å². The summed E-state index contributed by atoms with van der Waals surface area (Å²) in [6.45, 7) is 4.34. The summed E-state index contributed by atoms with van der Waals surface area (Å²) in [7, 11) is 1.69. The van der Waals surface area contributed by atoms with Gasteiger partial charge in [0.2, 0.25) is 0 Å². The van der Waals surface area contributed by atoms with Gasteiger partial charge in [-0.15, -0.1) is 6.58 Å². The quantitative estimate of drug-likeness (QED) is 0.691. The number of carboxylic acid groups (broad SMARTS) is 1. The number of aliphatic carboxylic acids is 1. The molecule has 0 aromatic carbocycles. The molecule has 1 rings (SSSR count). The molecule has 0 aromatic heterocycles. The lowest BCUT2D eigenvalue weighted by molar-refractivity contribution is -0.137. The van der Waals surface area contributed by atoms with Gasteiger partial charge in [-0.1, -0.05) is 6.08 Å². The summed E-state index contributed by atoms with van der Waals surface area (Å²) in [5.41, 5.74) is 0. The highest BCUT2D eigenvalue weighted by Crippen LogP contribution is 2.27. The van der Waals surface area contributed by atoms with E-state index in [1.807, 2.05) is 0 Å². The maximum atomic E-state index is 11.9. The largest absolute Gasteiger partial charge is 0.481 e. The Labute approximate surface area is 95.3 Å². The molecule has 1 aliphatic rings. The predicted octanol–water partition coefficient (Wildman–Crippen LogP) is 1.16. The number of urea groups is 1. The number of hydrogen-bond donors (Lipinski definition) is 1. The first kappa shape index (κ1) is 12.5. The Morgan fingerprint density at radius 1 is 1.50 bits per heavy atom. The molecule has 1 N–H and O–H groups in total. The first-order valence-electron chi connectivity index (χ1n) is 5.40. The third-order valence-corrected chi connectivity index (χ3v) is 2.53. The van der Waals surface area contributed by atoms with E-state index < -0.39 is 5.97 Å². The van der Waals surface area contributed by atoms with Crippen molar-refractivity contribution in [3.63, 3.8) is 0 Å². The molecular formula is C11H18N2O3. The predicted molar refractivity (Wildman–Crippen MR) is 60.2 cm³/mol. The molecule has 0 saturated heterocycles. The molecule has 0 heterocycles. The number of nitrogens with zero attached hydrogens (tertiary/aromatic N) is 2. The molecule has 0 spiro atoms. The van der Waals surface area contributed by atoms with Gasteiger partial charge in [-0.3, -0.25) is 4.79 Å². The van der Waals surface area contributed by atoms with Crippen LogP contribution in [0.25, 0.3) is 0 Å². The van der Waals surface area contributed by atoms with E-state index in [0.29, 0.717) is 13.1 Å². The van der Waals surface area contributed by atoms with Gasteiger partial charge in [0.15, 0.2) is 0 Å². The van der Waals surface area contributed by atoms with Gasteiger partial charge in [-0.2, -0.15) is 0 Å². The van der Waals surface area contributed by atoms with E-state index in [4.69, 9.17) is 5.11 Å². The molecule has 5 nitrogen and oxygen atoms in total. The van der Waals surface area contributed by atoms with Crippen molar-refractivity contribution in [2.75, 3.05) is 20.1 Å². The topological polar surface area (TPSA) is 60.9 Å². The van der Waals surface area contributed by atoms with Crippen molar-refractivity contribution in [1.82, 2.24) is 9.80 Å². The standard InChI is InChI=1S/C11H18N2O3/c1-3-7-12(2)11(16)13(9-4-5-9)8-6-10(14)15/h3,9H,1,4-8H2,2H3,(H,14,15). The normalized spacial score (nSPS) is 14.3. The SMILES string of the molecule is C=CCN(C)C(=O)N(CCC(=O)O)C1CC1. The maximum absolute atomic E-state index is 11.9. The van der Waals surface area contributed by atoms with E-state index in [-0.39, 0.29) is 18.5 Å². The zero-order valence-electron chi connectivity index (χ0n) is 9.56. The summed E-state index contributed by atoms with van der Waals surface area (Å²) in [6, 6.07) is 0.128. The molecule has 1 saturated carbocycles. The summed E-state index contributed by atoms with van der Waals surface area (Å²) in [5.74, 6) is -0.871. The Morgan fingerprint density at radius 2 is 2.12 bits per heavy atom. The molecule has 0 aliphatic heterocycles. The minimum atomic E-state index is -0.871. The summed E-state index contributed by atoms with van der Waals surface area (Å²) in [4.78, 5) is 25.6. The summed E-state index contributed by atoms with van der Waals surface area (Å²) in [6.07, 6.45) is 3.62. The highest BCUT2D eigenvalue weighted by atomic mass is 16.4. The van der Waals surface area contributed by atoms with Crippen molar-refractivity contribution in [2.45, 2.75) is 25.3 Å². The van der Waals surface area contributed by atoms with Gasteiger partial charge < -0.3 is 14.9 Å². The molecule has 0 radical (unpaired) electrons. The Hall–Kier alpha value is -1.52. The first-order valence-corrected chi connectivity index (χ1v) is 5.40. The Balaban J connectivity index is 2.51. The lowest BCUT2D eigenvalue weighted by Crippen LogP contribution is -2.43. The van der Waals surface area contributed by atoms with E-state index in [1.54, 1.807) is 22.9 Å². The zero-order chi connectivity index (χ0) is 12.1. The second-order valence-corrected chi connectivity index (χ2v) is 4.02. The van der Waals surface area contributed by atoms with Crippen LogP contribution in [0, 0.1) is 0 Å². The molecule has 5 heteroatoms. The fourth-order valence-electron chi connectivity index (χ4n) is 1.53. The smallest absolute Gasteiger partial charge is 0.320 e. The minimum Gasteiger partial charge on any atom is -0.481 e. The minimum absolute atomic E-state index is 0.00414. The van der Waals surface area contributed by atoms with Crippen LogP contribution in [0.2, 0.25) is 0 Å². The van der Waals surface area contributed by atoms with Crippen molar-refractivity contribution >= 4 is 12.0 Å². The molecule has 1 aliphatic carbocycles. The lowest BCUT2D eigenvalue weighted by Gasteiger charge is -2.27. The highest BCUT2D eigenvalue weighted by molar-refractivity contribution is 5.76. The van der Waals surface area contributed by atoms with Gasteiger partial charge in [-0.05, 0) is 12.8 Å². The number of hydrogen-bond acceptors (Lipinski definition) is 2. The second kappa shape index (κ2) is 5.53.